The van der Waals surface area contributed by atoms with E-state index in [1.54, 1.807) is 0 Å². The topological polar surface area (TPSA) is 0 Å². The van der Waals surface area contributed by atoms with Crippen molar-refractivity contribution in [1.82, 2.24) is 0 Å². The lowest BCUT2D eigenvalue weighted by molar-refractivity contribution is 0.286. The molecule has 0 aromatic heterocycles. The van der Waals surface area contributed by atoms with Crippen LogP contribution in [0.3, 0.4) is 0 Å². The third-order valence-corrected chi connectivity index (χ3v) is 2.91. The van der Waals surface area contributed by atoms with Gasteiger partial charge in [-0.15, -0.1) is 0 Å². The summed E-state index contributed by atoms with van der Waals surface area (Å²) >= 11 is 0. The molecule has 0 aliphatic heterocycles. The van der Waals surface area contributed by atoms with Crippen LogP contribution >= 0.6 is 0 Å². The maximum absolute atomic E-state index is 2.43. The molecule has 0 nitrogen and oxygen atoms in total. The van der Waals surface area contributed by atoms with Crippen molar-refractivity contribution < 1.29 is 0 Å². The van der Waals surface area contributed by atoms with Crippen LogP contribution in [0.1, 0.15) is 79.1 Å². The average Bonchev–Trinajstić information content (AvgIpc) is 2.09. The Morgan fingerprint density at radius 1 is 0.692 bits per heavy atom. The molecule has 0 aromatic carbocycles. The predicted molar refractivity (Wildman–Crippen MR) is 62.1 cm³/mol. The Kier molecular flexibility index (Phi) is 7.41. The van der Waals surface area contributed by atoms with Crippen LogP contribution < -0.4 is 0 Å². The van der Waals surface area contributed by atoms with Gasteiger partial charge in [-0.3, -0.25) is 0 Å². The van der Waals surface area contributed by atoms with E-state index < -0.39 is 0 Å². The normalized spacial score (nSPS) is 12.0. The van der Waals surface area contributed by atoms with Crippen molar-refractivity contribution in [1.29, 1.82) is 0 Å². The van der Waals surface area contributed by atoms with Crippen molar-refractivity contribution >= 4 is 0 Å². The molecule has 0 rings (SSSR count). The zero-order chi connectivity index (χ0) is 10.2. The van der Waals surface area contributed by atoms with E-state index in [-0.39, 0.29) is 0 Å². The SMILES string of the molecule is CCCCCCC(C)(C)CCCC. The summed E-state index contributed by atoms with van der Waals surface area (Å²) < 4.78 is 0. The molecule has 0 aromatic rings. The maximum atomic E-state index is 2.43. The van der Waals surface area contributed by atoms with E-state index in [1.807, 2.05) is 0 Å². The lowest BCUT2D eigenvalue weighted by Gasteiger charge is -2.24. The fourth-order valence-corrected chi connectivity index (χ4v) is 1.81. The number of rotatable bonds is 8. The largest absolute Gasteiger partial charge is 0.0654 e. The van der Waals surface area contributed by atoms with Gasteiger partial charge in [0.2, 0.25) is 0 Å². The summed E-state index contributed by atoms with van der Waals surface area (Å²) in [5.74, 6) is 0. The number of unbranched alkanes of at least 4 members (excludes halogenated alkanes) is 4. The smallest absolute Gasteiger partial charge is 0.0354 e. The van der Waals surface area contributed by atoms with Crippen LogP contribution in [0.5, 0.6) is 0 Å². The summed E-state index contributed by atoms with van der Waals surface area (Å²) in [6.07, 6.45) is 11.2. The van der Waals surface area contributed by atoms with E-state index in [0.717, 1.165) is 0 Å². The summed E-state index contributed by atoms with van der Waals surface area (Å²) in [5, 5.41) is 0. The average molecular weight is 184 g/mol. The molecule has 0 saturated heterocycles. The molecule has 0 unspecified atom stereocenters. The molecular weight excluding hydrogens is 156 g/mol. The molecule has 0 atom stereocenters. The van der Waals surface area contributed by atoms with Gasteiger partial charge in [-0.05, 0) is 18.3 Å². The van der Waals surface area contributed by atoms with Crippen molar-refractivity contribution in [2.45, 2.75) is 79.1 Å². The molecule has 0 amide bonds. The summed E-state index contributed by atoms with van der Waals surface area (Å²) in [4.78, 5) is 0. The minimum atomic E-state index is 0.601. The Balaban J connectivity index is 3.39. The third kappa shape index (κ3) is 8.33. The van der Waals surface area contributed by atoms with Crippen molar-refractivity contribution in [3.8, 4) is 0 Å². The molecule has 0 heterocycles. The Morgan fingerprint density at radius 2 is 1.23 bits per heavy atom. The first-order chi connectivity index (χ1) is 6.12. The van der Waals surface area contributed by atoms with Gasteiger partial charge >= 0.3 is 0 Å². The van der Waals surface area contributed by atoms with E-state index in [4.69, 9.17) is 0 Å². The second kappa shape index (κ2) is 7.41. The van der Waals surface area contributed by atoms with Gasteiger partial charge < -0.3 is 0 Å². The van der Waals surface area contributed by atoms with Crippen molar-refractivity contribution in [2.24, 2.45) is 5.41 Å². The molecule has 0 aliphatic rings. The van der Waals surface area contributed by atoms with Crippen molar-refractivity contribution in [3.05, 3.63) is 0 Å². The molecule has 13 heavy (non-hydrogen) atoms. The van der Waals surface area contributed by atoms with Crippen LogP contribution in [-0.4, -0.2) is 0 Å². The van der Waals surface area contributed by atoms with Gasteiger partial charge in [0, 0.05) is 0 Å². The van der Waals surface area contributed by atoms with Gasteiger partial charge in [-0.1, -0.05) is 66.2 Å². The Hall–Kier alpha value is 0. The molecule has 0 aliphatic carbocycles. The van der Waals surface area contributed by atoms with E-state index in [1.165, 1.54) is 51.4 Å². The molecule has 0 fully saturated rings. The van der Waals surface area contributed by atoms with Crippen LogP contribution in [0.4, 0.5) is 0 Å². The molecule has 0 heteroatoms. The van der Waals surface area contributed by atoms with Gasteiger partial charge in [0.25, 0.3) is 0 Å². The van der Waals surface area contributed by atoms with Gasteiger partial charge in [0.05, 0.1) is 0 Å². The van der Waals surface area contributed by atoms with Gasteiger partial charge in [0.15, 0.2) is 0 Å². The predicted octanol–water partition coefficient (Wildman–Crippen LogP) is 5.17. The molecule has 0 radical (unpaired) electrons. The first-order valence-electron chi connectivity index (χ1n) is 6.12. The van der Waals surface area contributed by atoms with Gasteiger partial charge in [-0.2, -0.15) is 0 Å². The molecule has 0 saturated carbocycles. The zero-order valence-corrected chi connectivity index (χ0v) is 10.2. The molecule has 0 N–H and O–H groups in total. The highest BCUT2D eigenvalue weighted by Crippen LogP contribution is 2.29. The summed E-state index contributed by atoms with van der Waals surface area (Å²) in [5.41, 5.74) is 0.601. The Morgan fingerprint density at radius 3 is 1.77 bits per heavy atom. The highest BCUT2D eigenvalue weighted by Gasteiger charge is 2.15. The summed E-state index contributed by atoms with van der Waals surface area (Å²) in [6, 6.07) is 0. The van der Waals surface area contributed by atoms with Crippen LogP contribution in [-0.2, 0) is 0 Å². The van der Waals surface area contributed by atoms with Gasteiger partial charge in [-0.25, -0.2) is 0 Å². The fraction of sp³-hybridized carbons (Fsp3) is 1.00. The molecular formula is C13H28. The Labute approximate surface area is 85.1 Å². The molecule has 80 valence electrons. The standard InChI is InChI=1S/C13H28/c1-5-7-9-10-12-13(3,4)11-8-6-2/h5-12H2,1-4H3. The van der Waals surface area contributed by atoms with Crippen LogP contribution in [0.15, 0.2) is 0 Å². The van der Waals surface area contributed by atoms with E-state index in [2.05, 4.69) is 27.7 Å². The highest BCUT2D eigenvalue weighted by atomic mass is 14.2. The highest BCUT2D eigenvalue weighted by molar-refractivity contribution is 4.68. The van der Waals surface area contributed by atoms with Crippen LogP contribution in [0.25, 0.3) is 0 Å². The van der Waals surface area contributed by atoms with Crippen molar-refractivity contribution in [2.75, 3.05) is 0 Å². The first-order valence-corrected chi connectivity index (χ1v) is 6.12. The lowest BCUT2D eigenvalue weighted by Crippen LogP contribution is -2.10. The van der Waals surface area contributed by atoms with Crippen molar-refractivity contribution in [3.63, 3.8) is 0 Å². The lowest BCUT2D eigenvalue weighted by atomic mass is 9.82. The third-order valence-electron chi connectivity index (χ3n) is 2.91. The van der Waals surface area contributed by atoms with Crippen LogP contribution in [0, 0.1) is 5.41 Å². The van der Waals surface area contributed by atoms with E-state index in [9.17, 15) is 0 Å². The summed E-state index contributed by atoms with van der Waals surface area (Å²) in [7, 11) is 0. The monoisotopic (exact) mass is 184 g/mol. The zero-order valence-electron chi connectivity index (χ0n) is 10.2. The van der Waals surface area contributed by atoms with Gasteiger partial charge in [0.1, 0.15) is 0 Å². The number of hydrogen-bond donors (Lipinski definition) is 0. The second-order valence-corrected chi connectivity index (χ2v) is 5.08. The number of hydrogen-bond acceptors (Lipinski definition) is 0. The first kappa shape index (κ1) is 13.0. The Bertz CT molecular complexity index is 103. The van der Waals surface area contributed by atoms with Crippen LogP contribution in [0.2, 0.25) is 0 Å². The summed E-state index contributed by atoms with van der Waals surface area (Å²) in [6.45, 7) is 9.42. The van der Waals surface area contributed by atoms with E-state index >= 15 is 0 Å². The van der Waals surface area contributed by atoms with E-state index in [0.29, 0.717) is 5.41 Å². The molecule has 0 bridgehead atoms. The maximum Gasteiger partial charge on any atom is -0.0354 e. The quantitative estimate of drug-likeness (QED) is 0.456. The minimum Gasteiger partial charge on any atom is -0.0654 e. The second-order valence-electron chi connectivity index (χ2n) is 5.08. The fourth-order valence-electron chi connectivity index (χ4n) is 1.81. The molecule has 0 spiro atoms. The minimum absolute atomic E-state index is 0.601.